The molecule has 9 nitrogen and oxygen atoms in total. The van der Waals surface area contributed by atoms with Gasteiger partial charge in [0.15, 0.2) is 0 Å². The van der Waals surface area contributed by atoms with Gasteiger partial charge in [-0.05, 0) is 49.3 Å². The molecule has 0 saturated carbocycles. The molecule has 142 valence electrons. The third kappa shape index (κ3) is 4.85. The monoisotopic (exact) mass is 388 g/mol. The summed E-state index contributed by atoms with van der Waals surface area (Å²) in [4.78, 5) is 42.5. The van der Waals surface area contributed by atoms with Gasteiger partial charge in [0, 0.05) is 25.8 Å². The predicted molar refractivity (Wildman–Crippen MR) is 99.1 cm³/mol. The van der Waals surface area contributed by atoms with Crippen LogP contribution in [0.25, 0.3) is 0 Å². The topological polar surface area (TPSA) is 117 Å². The van der Waals surface area contributed by atoms with Crippen molar-refractivity contribution in [1.29, 1.82) is 0 Å². The van der Waals surface area contributed by atoms with Crippen molar-refractivity contribution in [3.05, 3.63) is 35.1 Å². The molecular weight excluding hydrogens is 368 g/mol. The van der Waals surface area contributed by atoms with Crippen LogP contribution in [-0.4, -0.2) is 56.8 Å². The van der Waals surface area contributed by atoms with Crippen LogP contribution in [0.3, 0.4) is 0 Å². The van der Waals surface area contributed by atoms with Crippen LogP contribution in [0.5, 0.6) is 0 Å². The number of hydrogen-bond donors (Lipinski definition) is 2. The normalized spacial score (nSPS) is 14.6. The second kappa shape index (κ2) is 8.67. The number of carbonyl (C=O) groups is 3. The molecule has 1 fully saturated rings. The molecule has 1 saturated heterocycles. The highest BCUT2D eigenvalue weighted by Gasteiger charge is 2.26. The van der Waals surface area contributed by atoms with Crippen molar-refractivity contribution in [1.82, 2.24) is 24.8 Å². The number of nitrogens with one attached hydrogen (secondary N) is 2. The van der Waals surface area contributed by atoms with Crippen molar-refractivity contribution in [3.8, 4) is 0 Å². The van der Waals surface area contributed by atoms with Crippen LogP contribution in [0.2, 0.25) is 0 Å². The van der Waals surface area contributed by atoms with E-state index in [0.29, 0.717) is 35.9 Å². The number of carbonyl (C=O) groups excluding carboxylic acids is 3. The summed E-state index contributed by atoms with van der Waals surface area (Å²) in [5.41, 5.74) is 1.12. The average Bonchev–Trinajstić information content (AvgIpc) is 3.12. The summed E-state index contributed by atoms with van der Waals surface area (Å²) < 4.78 is 3.80. The van der Waals surface area contributed by atoms with Crippen molar-refractivity contribution < 1.29 is 14.4 Å². The number of pyridine rings is 1. The first kappa shape index (κ1) is 18.9. The SMILES string of the molecule is Cc1nnsc1C(=O)N1CCC(CNC(=O)C(=O)Nc2cccnc2)CC1. The van der Waals surface area contributed by atoms with Crippen molar-refractivity contribution in [3.63, 3.8) is 0 Å². The Morgan fingerprint density at radius 3 is 2.67 bits per heavy atom. The van der Waals surface area contributed by atoms with Crippen molar-refractivity contribution in [2.45, 2.75) is 19.8 Å². The van der Waals surface area contributed by atoms with Crippen LogP contribution in [0.1, 0.15) is 28.2 Å². The Balaban J connectivity index is 1.41. The predicted octanol–water partition coefficient (Wildman–Crippen LogP) is 0.849. The Labute approximate surface area is 160 Å². The molecule has 10 heteroatoms. The Kier molecular flexibility index (Phi) is 6.07. The number of aryl methyl sites for hydroxylation is 1. The first-order valence-corrected chi connectivity index (χ1v) is 9.39. The molecule has 1 aliphatic heterocycles. The molecule has 1 aliphatic rings. The number of likely N-dealkylation sites (tertiary alicyclic amines) is 1. The molecule has 0 atom stereocenters. The Bertz CT molecular complexity index is 817. The van der Waals surface area contributed by atoms with Gasteiger partial charge in [-0.15, -0.1) is 5.10 Å². The number of anilines is 1. The zero-order chi connectivity index (χ0) is 19.2. The standard InChI is InChI=1S/C17H20N6O3S/c1-11-14(27-22-21-11)17(26)23-7-4-12(5-8-23)9-19-15(24)16(25)20-13-3-2-6-18-10-13/h2-3,6,10,12H,4-5,7-9H2,1H3,(H,19,24)(H,20,25). The van der Waals surface area contributed by atoms with Gasteiger partial charge in [0.2, 0.25) is 0 Å². The van der Waals surface area contributed by atoms with E-state index < -0.39 is 11.8 Å². The third-order valence-electron chi connectivity index (χ3n) is 4.42. The highest BCUT2D eigenvalue weighted by atomic mass is 32.1. The maximum absolute atomic E-state index is 12.4. The molecule has 2 N–H and O–H groups in total. The van der Waals surface area contributed by atoms with Gasteiger partial charge in [0.05, 0.1) is 17.6 Å². The fraction of sp³-hybridized carbons (Fsp3) is 0.412. The highest BCUT2D eigenvalue weighted by molar-refractivity contribution is 7.07. The number of piperidine rings is 1. The molecule has 0 aliphatic carbocycles. The van der Waals surface area contributed by atoms with Gasteiger partial charge >= 0.3 is 11.8 Å². The molecule has 0 aromatic carbocycles. The van der Waals surface area contributed by atoms with Gasteiger partial charge < -0.3 is 15.5 Å². The molecule has 2 aromatic heterocycles. The van der Waals surface area contributed by atoms with Crippen LogP contribution in [0.4, 0.5) is 5.69 Å². The first-order valence-electron chi connectivity index (χ1n) is 8.62. The fourth-order valence-corrected chi connectivity index (χ4v) is 3.48. The number of nitrogens with zero attached hydrogens (tertiary/aromatic N) is 4. The third-order valence-corrected chi connectivity index (χ3v) is 5.24. The van der Waals surface area contributed by atoms with E-state index in [4.69, 9.17) is 0 Å². The molecule has 3 rings (SSSR count). The maximum atomic E-state index is 12.4. The summed E-state index contributed by atoms with van der Waals surface area (Å²) in [6, 6.07) is 3.33. The van der Waals surface area contributed by atoms with Crippen LogP contribution >= 0.6 is 11.5 Å². The van der Waals surface area contributed by atoms with E-state index in [9.17, 15) is 14.4 Å². The van der Waals surface area contributed by atoms with Crippen molar-refractivity contribution >= 4 is 34.9 Å². The Hall–Kier alpha value is -2.88. The summed E-state index contributed by atoms with van der Waals surface area (Å²) in [5, 5.41) is 9.03. The lowest BCUT2D eigenvalue weighted by atomic mass is 9.96. The van der Waals surface area contributed by atoms with E-state index in [0.717, 1.165) is 24.4 Å². The van der Waals surface area contributed by atoms with Gasteiger partial charge in [0.25, 0.3) is 5.91 Å². The van der Waals surface area contributed by atoms with E-state index in [1.807, 2.05) is 0 Å². The summed E-state index contributed by atoms with van der Waals surface area (Å²) >= 11 is 1.11. The summed E-state index contributed by atoms with van der Waals surface area (Å²) in [6.07, 6.45) is 4.58. The summed E-state index contributed by atoms with van der Waals surface area (Å²) in [5.74, 6) is -1.21. The van der Waals surface area contributed by atoms with Gasteiger partial charge in [0.1, 0.15) is 4.88 Å². The van der Waals surface area contributed by atoms with E-state index in [1.165, 1.54) is 6.20 Å². The molecule has 0 radical (unpaired) electrons. The average molecular weight is 388 g/mol. The molecule has 0 unspecified atom stereocenters. The minimum absolute atomic E-state index is 0.0409. The van der Waals surface area contributed by atoms with E-state index in [1.54, 1.807) is 30.2 Å². The minimum atomic E-state index is -0.719. The van der Waals surface area contributed by atoms with Gasteiger partial charge in [-0.1, -0.05) is 4.49 Å². The number of aromatic nitrogens is 3. The Morgan fingerprint density at radius 1 is 1.26 bits per heavy atom. The van der Waals surface area contributed by atoms with E-state index in [-0.39, 0.29) is 11.8 Å². The summed E-state index contributed by atoms with van der Waals surface area (Å²) in [6.45, 7) is 3.40. The van der Waals surface area contributed by atoms with Gasteiger partial charge in [-0.2, -0.15) is 0 Å². The number of hydrogen-bond acceptors (Lipinski definition) is 7. The smallest absolute Gasteiger partial charge is 0.313 e. The zero-order valence-electron chi connectivity index (χ0n) is 14.8. The lowest BCUT2D eigenvalue weighted by molar-refractivity contribution is -0.136. The second-order valence-electron chi connectivity index (χ2n) is 6.33. The molecule has 0 spiro atoms. The molecular formula is C17H20N6O3S. The van der Waals surface area contributed by atoms with Crippen molar-refractivity contribution in [2.75, 3.05) is 25.0 Å². The van der Waals surface area contributed by atoms with E-state index in [2.05, 4.69) is 25.2 Å². The molecule has 0 bridgehead atoms. The number of rotatable bonds is 4. The zero-order valence-corrected chi connectivity index (χ0v) is 15.7. The lowest BCUT2D eigenvalue weighted by Gasteiger charge is -2.31. The second-order valence-corrected chi connectivity index (χ2v) is 7.08. The lowest BCUT2D eigenvalue weighted by Crippen LogP contribution is -2.43. The first-order chi connectivity index (χ1) is 13.0. The molecule has 2 aromatic rings. The van der Waals surface area contributed by atoms with E-state index >= 15 is 0 Å². The van der Waals surface area contributed by atoms with Gasteiger partial charge in [-0.25, -0.2) is 0 Å². The largest absolute Gasteiger partial charge is 0.348 e. The molecule has 3 amide bonds. The highest BCUT2D eigenvalue weighted by Crippen LogP contribution is 2.20. The number of amides is 3. The summed E-state index contributed by atoms with van der Waals surface area (Å²) in [7, 11) is 0. The fourth-order valence-electron chi connectivity index (χ4n) is 2.85. The quantitative estimate of drug-likeness (QED) is 0.750. The minimum Gasteiger partial charge on any atom is -0.348 e. The molecule has 3 heterocycles. The Morgan fingerprint density at radius 2 is 2.04 bits per heavy atom. The van der Waals surface area contributed by atoms with Crippen LogP contribution in [0, 0.1) is 12.8 Å². The van der Waals surface area contributed by atoms with Crippen LogP contribution in [-0.2, 0) is 9.59 Å². The van der Waals surface area contributed by atoms with Crippen LogP contribution < -0.4 is 10.6 Å². The van der Waals surface area contributed by atoms with Gasteiger partial charge in [-0.3, -0.25) is 19.4 Å². The van der Waals surface area contributed by atoms with Crippen LogP contribution in [0.15, 0.2) is 24.5 Å². The maximum Gasteiger partial charge on any atom is 0.313 e. The van der Waals surface area contributed by atoms with Crippen molar-refractivity contribution in [2.24, 2.45) is 5.92 Å². The molecule has 27 heavy (non-hydrogen) atoms.